The van der Waals surface area contributed by atoms with Crippen LogP contribution in [0.2, 0.25) is 0 Å². The van der Waals surface area contributed by atoms with Crippen LogP contribution in [0.1, 0.15) is 12.5 Å². The molecule has 21 heavy (non-hydrogen) atoms. The monoisotopic (exact) mass is 293 g/mol. The van der Waals surface area contributed by atoms with Gasteiger partial charge in [0.15, 0.2) is 17.4 Å². The molecular formula is C16H17F2NO2. The molecule has 0 bridgehead atoms. The number of rotatable bonds is 6. The molecule has 0 aromatic heterocycles. The van der Waals surface area contributed by atoms with Crippen molar-refractivity contribution in [2.75, 3.05) is 13.7 Å². The highest BCUT2D eigenvalue weighted by Gasteiger charge is 2.14. The van der Waals surface area contributed by atoms with Crippen LogP contribution in [0.5, 0.6) is 17.2 Å². The zero-order valence-corrected chi connectivity index (χ0v) is 12.0. The van der Waals surface area contributed by atoms with Crippen LogP contribution in [-0.4, -0.2) is 13.7 Å². The third kappa shape index (κ3) is 3.92. The molecular weight excluding hydrogens is 276 g/mol. The van der Waals surface area contributed by atoms with E-state index >= 15 is 0 Å². The fraction of sp³-hybridized carbons (Fsp3) is 0.250. The summed E-state index contributed by atoms with van der Waals surface area (Å²) in [5.74, 6) is -0.977. The number of benzene rings is 2. The second kappa shape index (κ2) is 7.04. The number of nitrogens with one attached hydrogen (secondary N) is 1. The standard InChI is InChI=1S/C16H17F2NO2/c1-3-20-12-5-4-6-13(9-12)21-16-14(17)7-11(10-19-2)8-15(16)18/h4-9,19H,3,10H2,1-2H3. The summed E-state index contributed by atoms with van der Waals surface area (Å²) in [7, 11) is 1.71. The van der Waals surface area contributed by atoms with E-state index in [0.29, 0.717) is 30.2 Å². The number of hydrogen-bond donors (Lipinski definition) is 1. The van der Waals surface area contributed by atoms with E-state index in [-0.39, 0.29) is 0 Å². The second-order valence-corrected chi connectivity index (χ2v) is 4.43. The summed E-state index contributed by atoms with van der Waals surface area (Å²) in [4.78, 5) is 0. The quantitative estimate of drug-likeness (QED) is 0.877. The van der Waals surface area contributed by atoms with Gasteiger partial charge in [0.2, 0.25) is 0 Å². The van der Waals surface area contributed by atoms with E-state index in [9.17, 15) is 8.78 Å². The van der Waals surface area contributed by atoms with Gasteiger partial charge in [0.1, 0.15) is 11.5 Å². The SMILES string of the molecule is CCOc1cccc(Oc2c(F)cc(CNC)cc2F)c1. The summed E-state index contributed by atoms with van der Waals surface area (Å²) in [6.07, 6.45) is 0. The molecule has 0 aliphatic carbocycles. The molecule has 0 saturated heterocycles. The van der Waals surface area contributed by atoms with E-state index in [1.807, 2.05) is 6.92 Å². The first kappa shape index (κ1) is 15.3. The molecule has 0 radical (unpaired) electrons. The molecule has 0 spiro atoms. The first-order valence-corrected chi connectivity index (χ1v) is 6.67. The van der Waals surface area contributed by atoms with E-state index in [4.69, 9.17) is 9.47 Å². The van der Waals surface area contributed by atoms with Crippen LogP contribution < -0.4 is 14.8 Å². The molecule has 0 atom stereocenters. The fourth-order valence-corrected chi connectivity index (χ4v) is 1.93. The van der Waals surface area contributed by atoms with Crippen LogP contribution in [0.4, 0.5) is 8.78 Å². The number of ether oxygens (including phenoxy) is 2. The Morgan fingerprint density at radius 3 is 2.33 bits per heavy atom. The third-order valence-electron chi connectivity index (χ3n) is 2.78. The predicted molar refractivity (Wildman–Crippen MR) is 76.8 cm³/mol. The Balaban J connectivity index is 2.25. The fourth-order valence-electron chi connectivity index (χ4n) is 1.93. The third-order valence-corrected chi connectivity index (χ3v) is 2.78. The lowest BCUT2D eigenvalue weighted by molar-refractivity contribution is 0.337. The van der Waals surface area contributed by atoms with Gasteiger partial charge in [-0.05, 0) is 43.8 Å². The molecule has 0 fully saturated rings. The van der Waals surface area contributed by atoms with E-state index in [1.165, 1.54) is 12.1 Å². The first-order valence-electron chi connectivity index (χ1n) is 6.67. The van der Waals surface area contributed by atoms with Gasteiger partial charge < -0.3 is 14.8 Å². The Bertz CT molecular complexity index is 594. The van der Waals surface area contributed by atoms with Crippen molar-refractivity contribution in [1.82, 2.24) is 5.32 Å². The van der Waals surface area contributed by atoms with Crippen LogP contribution in [0.15, 0.2) is 36.4 Å². The van der Waals surface area contributed by atoms with Gasteiger partial charge in [-0.2, -0.15) is 0 Å². The normalized spacial score (nSPS) is 10.5. The maximum atomic E-state index is 13.9. The topological polar surface area (TPSA) is 30.5 Å². The van der Waals surface area contributed by atoms with Crippen LogP contribution in [0.3, 0.4) is 0 Å². The van der Waals surface area contributed by atoms with Crippen LogP contribution in [-0.2, 0) is 6.54 Å². The number of hydrogen-bond acceptors (Lipinski definition) is 3. The van der Waals surface area contributed by atoms with Gasteiger partial charge in [0, 0.05) is 12.6 Å². The minimum atomic E-state index is -0.734. The molecule has 2 aromatic carbocycles. The Kier molecular flexibility index (Phi) is 5.11. The van der Waals surface area contributed by atoms with Crippen molar-refractivity contribution in [3.05, 3.63) is 53.6 Å². The summed E-state index contributed by atoms with van der Waals surface area (Å²) >= 11 is 0. The van der Waals surface area contributed by atoms with E-state index < -0.39 is 17.4 Å². The highest BCUT2D eigenvalue weighted by molar-refractivity contribution is 5.39. The number of halogens is 2. The average Bonchev–Trinajstić information content (AvgIpc) is 2.44. The molecule has 2 rings (SSSR count). The molecule has 112 valence electrons. The van der Waals surface area contributed by atoms with E-state index in [1.54, 1.807) is 31.3 Å². The maximum absolute atomic E-state index is 13.9. The minimum Gasteiger partial charge on any atom is -0.494 e. The first-order chi connectivity index (χ1) is 10.1. The second-order valence-electron chi connectivity index (χ2n) is 4.43. The Hall–Kier alpha value is -2.14. The predicted octanol–water partition coefficient (Wildman–Crippen LogP) is 3.88. The summed E-state index contributed by atoms with van der Waals surface area (Å²) in [6, 6.07) is 9.15. The largest absolute Gasteiger partial charge is 0.494 e. The van der Waals surface area contributed by atoms with E-state index in [0.717, 1.165) is 0 Å². The zero-order valence-electron chi connectivity index (χ0n) is 12.0. The molecule has 3 nitrogen and oxygen atoms in total. The van der Waals surface area contributed by atoms with Crippen molar-refractivity contribution in [3.63, 3.8) is 0 Å². The Labute approximate surface area is 122 Å². The van der Waals surface area contributed by atoms with Crippen molar-refractivity contribution in [2.24, 2.45) is 0 Å². The van der Waals surface area contributed by atoms with Crippen molar-refractivity contribution in [3.8, 4) is 17.2 Å². The van der Waals surface area contributed by atoms with E-state index in [2.05, 4.69) is 5.32 Å². The van der Waals surface area contributed by atoms with Crippen LogP contribution >= 0.6 is 0 Å². The van der Waals surface area contributed by atoms with Crippen LogP contribution in [0.25, 0.3) is 0 Å². The van der Waals surface area contributed by atoms with Gasteiger partial charge in [-0.15, -0.1) is 0 Å². The molecule has 0 unspecified atom stereocenters. The minimum absolute atomic E-state index is 0.320. The molecule has 2 aromatic rings. The van der Waals surface area contributed by atoms with Crippen molar-refractivity contribution >= 4 is 0 Å². The molecule has 0 saturated carbocycles. The van der Waals surface area contributed by atoms with Crippen molar-refractivity contribution in [2.45, 2.75) is 13.5 Å². The van der Waals surface area contributed by atoms with Crippen molar-refractivity contribution < 1.29 is 18.3 Å². The van der Waals surface area contributed by atoms with Gasteiger partial charge in [-0.25, -0.2) is 8.78 Å². The van der Waals surface area contributed by atoms with Crippen molar-refractivity contribution in [1.29, 1.82) is 0 Å². The van der Waals surface area contributed by atoms with Gasteiger partial charge in [-0.1, -0.05) is 6.07 Å². The smallest absolute Gasteiger partial charge is 0.198 e. The summed E-state index contributed by atoms with van der Waals surface area (Å²) < 4.78 is 38.5. The molecule has 0 aliphatic rings. The van der Waals surface area contributed by atoms with Gasteiger partial charge in [0.05, 0.1) is 6.61 Å². The summed E-state index contributed by atoms with van der Waals surface area (Å²) in [5.41, 5.74) is 0.517. The molecule has 5 heteroatoms. The molecule has 1 N–H and O–H groups in total. The summed E-state index contributed by atoms with van der Waals surface area (Å²) in [6.45, 7) is 2.74. The Morgan fingerprint density at radius 1 is 1.05 bits per heavy atom. The lowest BCUT2D eigenvalue weighted by atomic mass is 10.2. The molecule has 0 aliphatic heterocycles. The highest BCUT2D eigenvalue weighted by Crippen LogP contribution is 2.30. The highest BCUT2D eigenvalue weighted by atomic mass is 19.1. The molecule has 0 amide bonds. The Morgan fingerprint density at radius 2 is 1.71 bits per heavy atom. The zero-order chi connectivity index (χ0) is 15.2. The maximum Gasteiger partial charge on any atom is 0.198 e. The lowest BCUT2D eigenvalue weighted by Gasteiger charge is -2.11. The molecule has 0 heterocycles. The van der Waals surface area contributed by atoms with Crippen LogP contribution in [0, 0.1) is 11.6 Å². The van der Waals surface area contributed by atoms with Gasteiger partial charge in [-0.3, -0.25) is 0 Å². The lowest BCUT2D eigenvalue weighted by Crippen LogP contribution is -2.06. The summed E-state index contributed by atoms with van der Waals surface area (Å²) in [5, 5.41) is 2.84. The van der Waals surface area contributed by atoms with Gasteiger partial charge >= 0.3 is 0 Å². The average molecular weight is 293 g/mol. The van der Waals surface area contributed by atoms with Gasteiger partial charge in [0.25, 0.3) is 0 Å².